The van der Waals surface area contributed by atoms with Gasteiger partial charge >= 0.3 is 0 Å². The molecule has 1 N–H and O–H groups in total. The Kier molecular flexibility index (Phi) is 2.12. The predicted molar refractivity (Wildman–Crippen MR) is 44.4 cm³/mol. The van der Waals surface area contributed by atoms with Gasteiger partial charge < -0.3 is 5.41 Å². The Balaban J connectivity index is 2.39. The van der Waals surface area contributed by atoms with Gasteiger partial charge in [0.25, 0.3) is 0 Å². The average molecular weight is 139 g/mol. The highest BCUT2D eigenvalue weighted by Crippen LogP contribution is 2.50. The lowest BCUT2D eigenvalue weighted by Gasteiger charge is -2.04. The minimum atomic E-state index is 0.606. The first-order chi connectivity index (χ1) is 4.72. The lowest BCUT2D eigenvalue weighted by molar-refractivity contribution is 0.463. The Bertz CT molecular complexity index is 131. The van der Waals surface area contributed by atoms with E-state index in [9.17, 15) is 0 Å². The average Bonchev–Trinajstić information content (AvgIpc) is 2.59. The van der Waals surface area contributed by atoms with E-state index in [-0.39, 0.29) is 0 Å². The van der Waals surface area contributed by atoms with Crippen LogP contribution in [0.4, 0.5) is 0 Å². The van der Waals surface area contributed by atoms with E-state index in [1.807, 2.05) is 0 Å². The van der Waals surface area contributed by atoms with E-state index < -0.39 is 0 Å². The third kappa shape index (κ3) is 1.09. The third-order valence-corrected chi connectivity index (χ3v) is 3.01. The lowest BCUT2D eigenvalue weighted by atomic mass is 10.0. The second kappa shape index (κ2) is 2.73. The molecule has 1 heteroatoms. The summed E-state index contributed by atoms with van der Waals surface area (Å²) < 4.78 is 0. The van der Waals surface area contributed by atoms with Gasteiger partial charge in [-0.25, -0.2) is 0 Å². The summed E-state index contributed by atoms with van der Waals surface area (Å²) in [4.78, 5) is 0. The van der Waals surface area contributed by atoms with Crippen LogP contribution in [-0.2, 0) is 0 Å². The molecule has 1 aliphatic rings. The van der Waals surface area contributed by atoms with E-state index in [0.717, 1.165) is 17.8 Å². The fraction of sp³-hybridized carbons (Fsp3) is 0.889. The molecule has 0 heterocycles. The van der Waals surface area contributed by atoms with Crippen molar-refractivity contribution in [3.8, 4) is 0 Å². The summed E-state index contributed by atoms with van der Waals surface area (Å²) in [5.41, 5.74) is 0. The third-order valence-electron chi connectivity index (χ3n) is 3.01. The van der Waals surface area contributed by atoms with Crippen LogP contribution in [0.3, 0.4) is 0 Å². The minimum Gasteiger partial charge on any atom is -0.313 e. The zero-order valence-electron chi connectivity index (χ0n) is 7.09. The van der Waals surface area contributed by atoms with Crippen molar-refractivity contribution in [3.05, 3.63) is 0 Å². The molecule has 0 aromatic rings. The number of hydrogen-bond donors (Lipinski definition) is 1. The second-order valence-corrected chi connectivity index (χ2v) is 3.57. The van der Waals surface area contributed by atoms with Gasteiger partial charge in [-0.1, -0.05) is 27.2 Å². The number of nitrogens with one attached hydrogen (secondary N) is 1. The molecule has 4 atom stereocenters. The monoisotopic (exact) mass is 139 g/mol. The normalized spacial score (nSPS) is 40.9. The van der Waals surface area contributed by atoms with Crippen LogP contribution in [0.15, 0.2) is 0 Å². The quantitative estimate of drug-likeness (QED) is 0.581. The molecule has 0 aromatic carbocycles. The van der Waals surface area contributed by atoms with Crippen molar-refractivity contribution in [3.63, 3.8) is 0 Å². The molecule has 1 rings (SSSR count). The van der Waals surface area contributed by atoms with Gasteiger partial charge in [0, 0.05) is 0 Å². The Morgan fingerprint density at radius 2 is 2.20 bits per heavy atom. The molecule has 2 unspecified atom stereocenters. The van der Waals surface area contributed by atoms with E-state index in [0.29, 0.717) is 5.92 Å². The number of hydrogen-bond acceptors (Lipinski definition) is 1. The van der Waals surface area contributed by atoms with Crippen LogP contribution < -0.4 is 0 Å². The van der Waals surface area contributed by atoms with Crippen molar-refractivity contribution in [1.82, 2.24) is 0 Å². The summed E-state index contributed by atoms with van der Waals surface area (Å²) in [6, 6.07) is 0. The van der Waals surface area contributed by atoms with E-state index >= 15 is 0 Å². The summed E-state index contributed by atoms with van der Waals surface area (Å²) in [7, 11) is 0. The van der Waals surface area contributed by atoms with Crippen LogP contribution in [0.25, 0.3) is 0 Å². The highest BCUT2D eigenvalue weighted by Gasteiger charge is 2.47. The molecule has 1 saturated carbocycles. The molecule has 1 fully saturated rings. The molecule has 0 radical (unpaired) electrons. The van der Waals surface area contributed by atoms with Crippen molar-refractivity contribution in [2.24, 2.45) is 23.7 Å². The SMILES string of the molecule is CC[C@@H](C)C1C(C=N)[C@@H]1C. The summed E-state index contributed by atoms with van der Waals surface area (Å²) in [6.45, 7) is 6.79. The molecule has 0 bridgehead atoms. The van der Waals surface area contributed by atoms with E-state index in [1.54, 1.807) is 6.21 Å². The van der Waals surface area contributed by atoms with E-state index in [4.69, 9.17) is 5.41 Å². The summed E-state index contributed by atoms with van der Waals surface area (Å²) in [5.74, 6) is 3.03. The highest BCUT2D eigenvalue weighted by molar-refractivity contribution is 5.62. The first-order valence-corrected chi connectivity index (χ1v) is 4.23. The molecule has 0 spiro atoms. The first-order valence-electron chi connectivity index (χ1n) is 4.23. The standard InChI is InChI=1S/C9H17N/c1-4-6(2)9-7(3)8(9)5-10/h5-10H,4H2,1-3H3/t6-,7+,8?,9?/m1/s1. The fourth-order valence-electron chi connectivity index (χ4n) is 1.96. The highest BCUT2D eigenvalue weighted by atomic mass is 14.6. The van der Waals surface area contributed by atoms with Gasteiger partial charge in [0.15, 0.2) is 0 Å². The van der Waals surface area contributed by atoms with Gasteiger partial charge in [0.05, 0.1) is 0 Å². The summed E-state index contributed by atoms with van der Waals surface area (Å²) >= 11 is 0. The molecular weight excluding hydrogens is 122 g/mol. The topological polar surface area (TPSA) is 23.9 Å². The van der Waals surface area contributed by atoms with Crippen molar-refractivity contribution in [2.45, 2.75) is 27.2 Å². The Labute approximate surface area is 63.3 Å². The maximum Gasteiger partial charge on any atom is -0.000268 e. The van der Waals surface area contributed by atoms with E-state index in [1.165, 1.54) is 6.42 Å². The molecule has 58 valence electrons. The summed E-state index contributed by atoms with van der Waals surface area (Å²) in [5, 5.41) is 7.12. The molecule has 0 aliphatic heterocycles. The van der Waals surface area contributed by atoms with Crippen molar-refractivity contribution in [1.29, 1.82) is 5.41 Å². The molecular formula is C9H17N. The Morgan fingerprint density at radius 3 is 2.50 bits per heavy atom. The van der Waals surface area contributed by atoms with Crippen LogP contribution in [0.2, 0.25) is 0 Å². The smallest absolute Gasteiger partial charge is 0.000268 e. The number of rotatable bonds is 3. The van der Waals surface area contributed by atoms with E-state index in [2.05, 4.69) is 20.8 Å². The molecule has 0 amide bonds. The van der Waals surface area contributed by atoms with Gasteiger partial charge in [0.1, 0.15) is 0 Å². The Hall–Kier alpha value is -0.330. The maximum absolute atomic E-state index is 7.12. The molecule has 1 nitrogen and oxygen atoms in total. The van der Waals surface area contributed by atoms with Crippen LogP contribution in [0, 0.1) is 29.1 Å². The minimum absolute atomic E-state index is 0.606. The van der Waals surface area contributed by atoms with Crippen molar-refractivity contribution >= 4 is 6.21 Å². The van der Waals surface area contributed by atoms with Crippen molar-refractivity contribution < 1.29 is 0 Å². The largest absolute Gasteiger partial charge is 0.313 e. The maximum atomic E-state index is 7.12. The van der Waals surface area contributed by atoms with Gasteiger partial charge in [-0.15, -0.1) is 0 Å². The Morgan fingerprint density at radius 1 is 1.60 bits per heavy atom. The van der Waals surface area contributed by atoms with Crippen LogP contribution >= 0.6 is 0 Å². The zero-order chi connectivity index (χ0) is 7.72. The van der Waals surface area contributed by atoms with Crippen molar-refractivity contribution in [2.75, 3.05) is 0 Å². The van der Waals surface area contributed by atoms with Gasteiger partial charge in [-0.3, -0.25) is 0 Å². The van der Waals surface area contributed by atoms with Gasteiger partial charge in [-0.05, 0) is 29.9 Å². The zero-order valence-corrected chi connectivity index (χ0v) is 7.09. The second-order valence-electron chi connectivity index (χ2n) is 3.57. The fourth-order valence-corrected chi connectivity index (χ4v) is 1.96. The lowest BCUT2D eigenvalue weighted by Crippen LogP contribution is -1.97. The van der Waals surface area contributed by atoms with Crippen LogP contribution in [-0.4, -0.2) is 6.21 Å². The van der Waals surface area contributed by atoms with Gasteiger partial charge in [0.2, 0.25) is 0 Å². The molecule has 1 aliphatic carbocycles. The van der Waals surface area contributed by atoms with Gasteiger partial charge in [-0.2, -0.15) is 0 Å². The molecule has 10 heavy (non-hydrogen) atoms. The molecule has 0 aromatic heterocycles. The predicted octanol–water partition coefficient (Wildman–Crippen LogP) is 2.56. The van der Waals surface area contributed by atoms with Crippen LogP contribution in [0.1, 0.15) is 27.2 Å². The first kappa shape index (κ1) is 7.77. The summed E-state index contributed by atoms with van der Waals surface area (Å²) in [6.07, 6.45) is 2.89. The van der Waals surface area contributed by atoms with Crippen LogP contribution in [0.5, 0.6) is 0 Å². The molecule has 0 saturated heterocycles.